The van der Waals surface area contributed by atoms with Crippen LogP contribution in [0, 0.1) is 3.57 Å². The summed E-state index contributed by atoms with van der Waals surface area (Å²) >= 11 is 11.8. The molecule has 5 nitrogen and oxygen atoms in total. The van der Waals surface area contributed by atoms with E-state index in [0.717, 1.165) is 24.7 Å². The minimum atomic E-state index is -0.192. The van der Waals surface area contributed by atoms with Crippen molar-refractivity contribution in [3.05, 3.63) is 90.4 Å². The van der Waals surface area contributed by atoms with Crippen molar-refractivity contribution in [2.24, 2.45) is 5.10 Å². The zero-order valence-electron chi connectivity index (χ0n) is 17.3. The fraction of sp³-hybridized carbons (Fsp3) is 0.167. The number of amides is 1. The summed E-state index contributed by atoms with van der Waals surface area (Å²) in [5.41, 5.74) is 5.15. The first-order valence-corrected chi connectivity index (χ1v) is 12.1. The Kier molecular flexibility index (Phi) is 9.37. The molecule has 0 spiro atoms. The number of rotatable bonds is 9. The Morgan fingerprint density at radius 3 is 2.62 bits per heavy atom. The monoisotopic (exact) mass is 626 g/mol. The van der Waals surface area contributed by atoms with E-state index < -0.39 is 0 Å². The predicted octanol–water partition coefficient (Wildman–Crippen LogP) is 6.38. The van der Waals surface area contributed by atoms with Gasteiger partial charge in [0.1, 0.15) is 6.61 Å². The highest BCUT2D eigenvalue weighted by Gasteiger charge is 2.13. The molecule has 0 saturated heterocycles. The Hall–Kier alpha value is -2.10. The van der Waals surface area contributed by atoms with Gasteiger partial charge in [-0.3, -0.25) is 4.79 Å². The minimum Gasteiger partial charge on any atom is -0.490 e. The second-order valence-electron chi connectivity index (χ2n) is 6.74. The summed E-state index contributed by atoms with van der Waals surface area (Å²) in [4.78, 5) is 12.1. The SMILES string of the molecule is CCOc1cc(/C=N/NC(=O)Cc2ccc(Br)cc2)cc(I)c1OCc1ccccc1Cl. The van der Waals surface area contributed by atoms with Gasteiger partial charge in [0.15, 0.2) is 11.5 Å². The van der Waals surface area contributed by atoms with E-state index in [1.165, 1.54) is 0 Å². The Balaban J connectivity index is 1.67. The maximum absolute atomic E-state index is 12.1. The Morgan fingerprint density at radius 1 is 1.16 bits per heavy atom. The van der Waals surface area contributed by atoms with Crippen molar-refractivity contribution < 1.29 is 14.3 Å². The number of ether oxygens (including phenoxy) is 2. The lowest BCUT2D eigenvalue weighted by Crippen LogP contribution is -2.19. The van der Waals surface area contributed by atoms with Crippen LogP contribution in [0.5, 0.6) is 11.5 Å². The van der Waals surface area contributed by atoms with Crippen molar-refractivity contribution in [2.45, 2.75) is 20.0 Å². The van der Waals surface area contributed by atoms with Gasteiger partial charge in [0.25, 0.3) is 0 Å². The number of nitrogens with zero attached hydrogens (tertiary/aromatic N) is 1. The number of benzene rings is 3. The molecule has 0 bridgehead atoms. The predicted molar refractivity (Wildman–Crippen MR) is 140 cm³/mol. The third-order valence-corrected chi connectivity index (χ3v) is 6.04. The van der Waals surface area contributed by atoms with Crippen LogP contribution < -0.4 is 14.9 Å². The second-order valence-corrected chi connectivity index (χ2v) is 9.22. The third-order valence-electron chi connectivity index (χ3n) is 4.34. The Labute approximate surface area is 214 Å². The van der Waals surface area contributed by atoms with Gasteiger partial charge in [0.05, 0.1) is 22.8 Å². The fourth-order valence-electron chi connectivity index (χ4n) is 2.84. The summed E-state index contributed by atoms with van der Waals surface area (Å²) in [6.45, 7) is 2.73. The van der Waals surface area contributed by atoms with Crippen LogP contribution in [0.15, 0.2) is 70.2 Å². The van der Waals surface area contributed by atoms with E-state index >= 15 is 0 Å². The van der Waals surface area contributed by atoms with E-state index in [1.54, 1.807) is 6.21 Å². The lowest BCUT2D eigenvalue weighted by Gasteiger charge is -2.15. The zero-order chi connectivity index (χ0) is 22.9. The molecule has 0 atom stereocenters. The summed E-state index contributed by atoms with van der Waals surface area (Å²) in [5.74, 6) is 1.06. The Morgan fingerprint density at radius 2 is 1.91 bits per heavy atom. The van der Waals surface area contributed by atoms with Gasteiger partial charge in [-0.25, -0.2) is 5.43 Å². The van der Waals surface area contributed by atoms with Crippen LogP contribution in [0.3, 0.4) is 0 Å². The van der Waals surface area contributed by atoms with Crippen LogP contribution in [0.2, 0.25) is 5.02 Å². The van der Waals surface area contributed by atoms with Crippen molar-refractivity contribution in [1.29, 1.82) is 0 Å². The van der Waals surface area contributed by atoms with Gasteiger partial charge in [-0.15, -0.1) is 0 Å². The van der Waals surface area contributed by atoms with Gasteiger partial charge in [0, 0.05) is 15.1 Å². The van der Waals surface area contributed by atoms with E-state index in [1.807, 2.05) is 67.6 Å². The van der Waals surface area contributed by atoms with Gasteiger partial charge in [-0.05, 0) is 71.0 Å². The van der Waals surface area contributed by atoms with Gasteiger partial charge < -0.3 is 9.47 Å². The summed E-state index contributed by atoms with van der Waals surface area (Å²) in [7, 11) is 0. The van der Waals surface area contributed by atoms with Crippen molar-refractivity contribution in [3.63, 3.8) is 0 Å². The molecule has 0 aliphatic heterocycles. The van der Waals surface area contributed by atoms with Crippen LogP contribution in [-0.2, 0) is 17.8 Å². The molecule has 3 rings (SSSR count). The summed E-state index contributed by atoms with van der Waals surface area (Å²) in [6.07, 6.45) is 1.84. The summed E-state index contributed by atoms with van der Waals surface area (Å²) in [5, 5.41) is 4.74. The number of hydrogen-bond donors (Lipinski definition) is 1. The van der Waals surface area contributed by atoms with Crippen molar-refractivity contribution in [1.82, 2.24) is 5.43 Å². The largest absolute Gasteiger partial charge is 0.490 e. The van der Waals surface area contributed by atoms with Crippen molar-refractivity contribution in [3.8, 4) is 11.5 Å². The molecule has 3 aromatic rings. The van der Waals surface area contributed by atoms with Crippen LogP contribution in [0.1, 0.15) is 23.6 Å². The van der Waals surface area contributed by atoms with Gasteiger partial charge in [-0.1, -0.05) is 57.9 Å². The van der Waals surface area contributed by atoms with E-state index in [4.69, 9.17) is 21.1 Å². The van der Waals surface area contributed by atoms with Crippen LogP contribution in [-0.4, -0.2) is 18.7 Å². The molecule has 0 heterocycles. The quantitative estimate of drug-likeness (QED) is 0.170. The molecular weight excluding hydrogens is 607 g/mol. The number of carbonyl (C=O) groups excluding carboxylic acids is 1. The average Bonchev–Trinajstić information content (AvgIpc) is 2.76. The third kappa shape index (κ3) is 7.21. The number of carbonyl (C=O) groups is 1. The van der Waals surface area contributed by atoms with Crippen LogP contribution >= 0.6 is 50.1 Å². The van der Waals surface area contributed by atoms with E-state index in [-0.39, 0.29) is 12.3 Å². The molecule has 1 amide bonds. The highest BCUT2D eigenvalue weighted by Crippen LogP contribution is 2.35. The van der Waals surface area contributed by atoms with E-state index in [9.17, 15) is 4.79 Å². The molecule has 166 valence electrons. The first-order chi connectivity index (χ1) is 15.5. The fourth-order valence-corrected chi connectivity index (χ4v) is 4.07. The van der Waals surface area contributed by atoms with Gasteiger partial charge in [0.2, 0.25) is 5.91 Å². The molecule has 0 aromatic heterocycles. The lowest BCUT2D eigenvalue weighted by molar-refractivity contribution is -0.120. The molecule has 32 heavy (non-hydrogen) atoms. The number of halogens is 3. The van der Waals surface area contributed by atoms with E-state index in [0.29, 0.717) is 29.7 Å². The molecule has 0 saturated carbocycles. The molecule has 8 heteroatoms. The highest BCUT2D eigenvalue weighted by atomic mass is 127. The topological polar surface area (TPSA) is 59.9 Å². The standard InChI is InChI=1S/C24H21BrClIN2O3/c1-2-31-22-12-17(14-28-29-23(30)13-16-7-9-19(25)10-8-16)11-21(27)24(22)32-15-18-5-3-4-6-20(18)26/h3-12,14H,2,13,15H2,1H3,(H,29,30)/b28-14+. The van der Waals surface area contributed by atoms with Crippen molar-refractivity contribution in [2.75, 3.05) is 6.61 Å². The maximum atomic E-state index is 12.1. The van der Waals surface area contributed by atoms with E-state index in [2.05, 4.69) is 49.0 Å². The number of hydrazone groups is 1. The normalized spacial score (nSPS) is 10.9. The first kappa shape index (κ1) is 24.5. The smallest absolute Gasteiger partial charge is 0.244 e. The van der Waals surface area contributed by atoms with Crippen LogP contribution in [0.25, 0.3) is 0 Å². The molecule has 0 unspecified atom stereocenters. The van der Waals surface area contributed by atoms with Gasteiger partial charge >= 0.3 is 0 Å². The van der Waals surface area contributed by atoms with Gasteiger partial charge in [-0.2, -0.15) is 5.10 Å². The highest BCUT2D eigenvalue weighted by molar-refractivity contribution is 14.1. The summed E-state index contributed by atoms with van der Waals surface area (Å²) in [6, 6.07) is 18.9. The molecule has 0 aliphatic carbocycles. The lowest BCUT2D eigenvalue weighted by atomic mass is 10.1. The zero-order valence-corrected chi connectivity index (χ0v) is 21.8. The molecule has 0 fully saturated rings. The molecular formula is C24H21BrClIN2O3. The van der Waals surface area contributed by atoms with Crippen molar-refractivity contribution >= 4 is 62.2 Å². The number of nitrogens with one attached hydrogen (secondary N) is 1. The summed E-state index contributed by atoms with van der Waals surface area (Å²) < 4.78 is 13.6. The number of hydrogen-bond acceptors (Lipinski definition) is 4. The average molecular weight is 628 g/mol. The molecule has 0 aliphatic rings. The Bertz CT molecular complexity index is 1110. The molecule has 3 aromatic carbocycles. The minimum absolute atomic E-state index is 0.192. The first-order valence-electron chi connectivity index (χ1n) is 9.85. The molecule has 1 N–H and O–H groups in total. The maximum Gasteiger partial charge on any atom is 0.244 e. The second kappa shape index (κ2) is 12.2. The van der Waals surface area contributed by atoms with Crippen LogP contribution in [0.4, 0.5) is 0 Å². The molecule has 0 radical (unpaired) electrons.